The first-order valence-electron chi connectivity index (χ1n) is 13.0. The van der Waals surface area contributed by atoms with E-state index in [0.29, 0.717) is 41.6 Å². The fraction of sp³-hybridized carbons (Fsp3) is 0.720. The molecule has 10 heteroatoms. The molecule has 190 valence electrons. The molecule has 0 aromatic heterocycles. The molecule has 4 saturated heterocycles. The fourth-order valence-electron chi connectivity index (χ4n) is 7.44. The van der Waals surface area contributed by atoms with Gasteiger partial charge in [0.25, 0.3) is 0 Å². The van der Waals surface area contributed by atoms with Crippen molar-refractivity contribution in [3.63, 3.8) is 0 Å². The first-order valence-corrected chi connectivity index (χ1v) is 14.7. The minimum atomic E-state index is 0.0239. The predicted octanol–water partition coefficient (Wildman–Crippen LogP) is 3.19. The molecule has 8 atom stereocenters. The lowest BCUT2D eigenvalue weighted by atomic mass is 9.80. The summed E-state index contributed by atoms with van der Waals surface area (Å²) in [5.74, 6) is 1.23. The number of thioether (sulfide) groups is 1. The van der Waals surface area contributed by atoms with Gasteiger partial charge in [0.2, 0.25) is 5.91 Å². The quantitative estimate of drug-likeness (QED) is 0.535. The number of nitrogens with zero attached hydrogens (tertiary/aromatic N) is 2. The number of hydrogen-bond acceptors (Lipinski definition) is 7. The summed E-state index contributed by atoms with van der Waals surface area (Å²) >= 11 is 15.4. The second-order valence-corrected chi connectivity index (χ2v) is 13.4. The lowest BCUT2D eigenvalue weighted by Crippen LogP contribution is -2.54. The number of morpholine rings is 1. The summed E-state index contributed by atoms with van der Waals surface area (Å²) < 4.78 is 5.48. The maximum Gasteiger partial charge on any atom is 0.225 e. The number of ether oxygens (including phenoxy) is 1. The molecular weight excluding hydrogens is 505 g/mol. The normalized spacial score (nSPS) is 42.0. The molecule has 7 rings (SSSR count). The molecule has 0 bridgehead atoms. The summed E-state index contributed by atoms with van der Waals surface area (Å²) in [7, 11) is 0. The lowest BCUT2D eigenvalue weighted by molar-refractivity contribution is -0.139. The van der Waals surface area contributed by atoms with E-state index in [2.05, 4.69) is 45.8 Å². The van der Waals surface area contributed by atoms with Gasteiger partial charge in [-0.05, 0) is 62.3 Å². The molecule has 3 N–H and O–H groups in total. The van der Waals surface area contributed by atoms with Gasteiger partial charge < -0.3 is 15.0 Å². The van der Waals surface area contributed by atoms with E-state index in [1.165, 1.54) is 0 Å². The molecule has 1 aromatic rings. The minimum absolute atomic E-state index is 0.0239. The van der Waals surface area contributed by atoms with Gasteiger partial charge in [0.1, 0.15) is 0 Å². The van der Waals surface area contributed by atoms with Gasteiger partial charge in [-0.15, -0.1) is 11.8 Å². The van der Waals surface area contributed by atoms with E-state index in [4.69, 9.17) is 27.9 Å². The molecule has 2 aliphatic carbocycles. The highest BCUT2D eigenvalue weighted by atomic mass is 35.5. The summed E-state index contributed by atoms with van der Waals surface area (Å²) in [4.78, 5) is 18.1. The third-order valence-electron chi connectivity index (χ3n) is 9.26. The van der Waals surface area contributed by atoms with Crippen LogP contribution in [0.2, 0.25) is 10.0 Å². The molecule has 2 saturated carbocycles. The van der Waals surface area contributed by atoms with E-state index in [0.717, 1.165) is 54.4 Å². The van der Waals surface area contributed by atoms with Crippen molar-refractivity contribution in [3.8, 4) is 0 Å². The SMILES string of the molecule is CC1NNC2N1C1SC3C[C@@H](C(=O)N4CCOCC4)CC3C1C(c1cc(Cl)ccc1Cl)NC21CC1. The average molecular weight is 539 g/mol. The van der Waals surface area contributed by atoms with Crippen LogP contribution in [0.4, 0.5) is 0 Å². The third-order valence-corrected chi connectivity index (χ3v) is 11.6. The highest BCUT2D eigenvalue weighted by Crippen LogP contribution is 2.62. The number of hydrazine groups is 1. The Morgan fingerprint density at radius 1 is 1.17 bits per heavy atom. The number of rotatable bonds is 2. The molecule has 4 heterocycles. The molecule has 6 fully saturated rings. The van der Waals surface area contributed by atoms with Crippen molar-refractivity contribution in [1.29, 1.82) is 0 Å². The molecule has 1 aromatic carbocycles. The molecule has 6 aliphatic rings. The number of nitrogens with one attached hydrogen (secondary N) is 3. The Balaban J connectivity index is 1.25. The van der Waals surface area contributed by atoms with Crippen LogP contribution in [0.25, 0.3) is 0 Å². The van der Waals surface area contributed by atoms with Gasteiger partial charge in [0, 0.05) is 51.8 Å². The van der Waals surface area contributed by atoms with E-state index >= 15 is 0 Å². The van der Waals surface area contributed by atoms with Gasteiger partial charge in [-0.3, -0.25) is 9.69 Å². The number of carbonyl (C=O) groups excluding carboxylic acids is 1. The topological polar surface area (TPSA) is 68.9 Å². The van der Waals surface area contributed by atoms with Gasteiger partial charge in [0.15, 0.2) is 0 Å². The zero-order chi connectivity index (χ0) is 23.9. The van der Waals surface area contributed by atoms with Crippen LogP contribution < -0.4 is 16.2 Å². The Labute approximate surface area is 220 Å². The Morgan fingerprint density at radius 2 is 1.97 bits per heavy atom. The van der Waals surface area contributed by atoms with E-state index in [1.54, 1.807) is 0 Å². The Hall–Kier alpha value is -0.580. The predicted molar refractivity (Wildman–Crippen MR) is 138 cm³/mol. The largest absolute Gasteiger partial charge is 0.378 e. The van der Waals surface area contributed by atoms with E-state index in [9.17, 15) is 4.79 Å². The van der Waals surface area contributed by atoms with Crippen molar-refractivity contribution < 1.29 is 9.53 Å². The number of benzene rings is 1. The van der Waals surface area contributed by atoms with Gasteiger partial charge in [0.05, 0.1) is 30.9 Å². The number of amides is 1. The Kier molecular flexibility index (Phi) is 5.87. The number of carbonyl (C=O) groups is 1. The first-order chi connectivity index (χ1) is 16.9. The van der Waals surface area contributed by atoms with E-state index < -0.39 is 0 Å². The summed E-state index contributed by atoms with van der Waals surface area (Å²) in [6.07, 6.45) is 4.68. The number of hydrogen-bond donors (Lipinski definition) is 3. The fourth-order valence-corrected chi connectivity index (χ4v) is 10.0. The van der Waals surface area contributed by atoms with Gasteiger partial charge in [-0.25, -0.2) is 10.9 Å². The van der Waals surface area contributed by atoms with Crippen LogP contribution in [0.15, 0.2) is 18.2 Å². The second-order valence-electron chi connectivity index (χ2n) is 11.2. The monoisotopic (exact) mass is 537 g/mol. The van der Waals surface area contributed by atoms with Gasteiger partial charge in [-0.1, -0.05) is 23.2 Å². The Morgan fingerprint density at radius 3 is 2.74 bits per heavy atom. The third kappa shape index (κ3) is 3.78. The summed E-state index contributed by atoms with van der Waals surface area (Å²) in [5.41, 5.74) is 8.25. The maximum absolute atomic E-state index is 13.4. The zero-order valence-corrected chi connectivity index (χ0v) is 22.2. The number of fused-ring (bicyclic) bond motifs is 6. The van der Waals surface area contributed by atoms with Crippen molar-refractivity contribution in [2.24, 2.45) is 17.8 Å². The molecule has 1 amide bonds. The molecule has 7 unspecified atom stereocenters. The van der Waals surface area contributed by atoms with Crippen molar-refractivity contribution in [3.05, 3.63) is 33.8 Å². The summed E-state index contributed by atoms with van der Waals surface area (Å²) in [6, 6.07) is 5.97. The molecule has 7 nitrogen and oxygen atoms in total. The standard InChI is InChI=1S/C25H33Cl2N5O2S/c1-13-29-30-24-25(4-5-25)28-21(16-12-15(26)2-3-18(16)27)20-17-10-14(11-19(17)35-23(20)32(13)24)22(33)31-6-8-34-9-7-31/h2-3,12-14,17,19-21,23-24,28-30H,4-11H2,1H3/t13?,14-,17?,19?,20?,21?,23?,24?/m0/s1. The Bertz CT molecular complexity index is 1020. The minimum Gasteiger partial charge on any atom is -0.378 e. The summed E-state index contributed by atoms with van der Waals surface area (Å²) in [6.45, 7) is 5.00. The molecule has 0 radical (unpaired) electrons. The van der Waals surface area contributed by atoms with Gasteiger partial charge >= 0.3 is 0 Å². The molecule has 35 heavy (non-hydrogen) atoms. The summed E-state index contributed by atoms with van der Waals surface area (Å²) in [5, 5.41) is 6.44. The molecule has 4 aliphatic heterocycles. The van der Waals surface area contributed by atoms with Crippen LogP contribution in [-0.2, 0) is 9.53 Å². The van der Waals surface area contributed by atoms with Crippen LogP contribution in [-0.4, -0.2) is 70.5 Å². The van der Waals surface area contributed by atoms with Gasteiger partial charge in [-0.2, -0.15) is 0 Å². The van der Waals surface area contributed by atoms with Crippen molar-refractivity contribution >= 4 is 40.9 Å². The average Bonchev–Trinajstić information content (AvgIpc) is 3.20. The smallest absolute Gasteiger partial charge is 0.225 e. The van der Waals surface area contributed by atoms with Crippen LogP contribution in [0.5, 0.6) is 0 Å². The molecule has 1 spiro atoms. The molecular formula is C25H33Cl2N5O2S. The van der Waals surface area contributed by atoms with E-state index in [-0.39, 0.29) is 29.8 Å². The van der Waals surface area contributed by atoms with Crippen molar-refractivity contribution in [2.75, 3.05) is 26.3 Å². The van der Waals surface area contributed by atoms with E-state index in [1.807, 2.05) is 17.0 Å². The first kappa shape index (κ1) is 23.5. The zero-order valence-electron chi connectivity index (χ0n) is 19.9. The van der Waals surface area contributed by atoms with Crippen LogP contribution >= 0.6 is 35.0 Å². The van der Waals surface area contributed by atoms with Crippen molar-refractivity contribution in [2.45, 2.75) is 67.1 Å². The van der Waals surface area contributed by atoms with Crippen LogP contribution in [0.1, 0.15) is 44.2 Å². The highest BCUT2D eigenvalue weighted by molar-refractivity contribution is 8.00. The lowest BCUT2D eigenvalue weighted by Gasteiger charge is -2.36. The maximum atomic E-state index is 13.4. The van der Waals surface area contributed by atoms with Crippen LogP contribution in [0.3, 0.4) is 0 Å². The van der Waals surface area contributed by atoms with Crippen LogP contribution in [0, 0.1) is 17.8 Å². The number of halogens is 2. The highest BCUT2D eigenvalue weighted by Gasteiger charge is 2.65. The second kappa shape index (κ2) is 8.73. The van der Waals surface area contributed by atoms with Crippen molar-refractivity contribution in [1.82, 2.24) is 26.0 Å².